The molecule has 6 aromatic heterocycles. The van der Waals surface area contributed by atoms with E-state index < -0.39 is 0 Å². The zero-order valence-electron chi connectivity index (χ0n) is 38.5. The zero-order valence-corrected chi connectivity index (χ0v) is 38.5. The van der Waals surface area contributed by atoms with Crippen LogP contribution in [-0.4, -0.2) is 29.1 Å². The molecule has 70 heavy (non-hydrogen) atoms. The highest BCUT2D eigenvalue weighted by Crippen LogP contribution is 2.52. The van der Waals surface area contributed by atoms with E-state index in [2.05, 4.69) is 181 Å². The minimum atomic E-state index is 0.272. The van der Waals surface area contributed by atoms with E-state index in [0.29, 0.717) is 0 Å². The summed E-state index contributed by atoms with van der Waals surface area (Å²) in [6.45, 7) is 4.84. The number of pyridine rings is 4. The molecular weight excluding hydrogens is 853 g/mol. The monoisotopic (exact) mass is 894 g/mol. The molecule has 14 aromatic rings. The van der Waals surface area contributed by atoms with Gasteiger partial charge in [-0.05, 0) is 166 Å². The quantitative estimate of drug-likeness (QED) is 0.165. The zero-order chi connectivity index (χ0) is 46.2. The fourth-order valence-electron chi connectivity index (χ4n) is 12.0. The summed E-state index contributed by atoms with van der Waals surface area (Å²) in [5.41, 5.74) is 20.7. The predicted octanol–water partition coefficient (Wildman–Crippen LogP) is 16.3. The SMILES string of the molecule is CC1c2cc3c4cc(-c5cc6cccnc6c6ncccc56)ccc4n(-c4ccccc4)c3cc2-c2cc3c(cc2C1C)c1cc(-c2cc4cccnc4c4ncccc24)ccc1n3-c1ccccc1. The Morgan fingerprint density at radius 2 is 0.714 bits per heavy atom. The Hall–Kier alpha value is -9.00. The first-order valence-electron chi connectivity index (χ1n) is 24.2. The van der Waals surface area contributed by atoms with E-state index in [0.717, 1.165) is 77.2 Å². The van der Waals surface area contributed by atoms with Crippen LogP contribution in [0, 0.1) is 0 Å². The summed E-state index contributed by atoms with van der Waals surface area (Å²) >= 11 is 0. The van der Waals surface area contributed by atoms with Gasteiger partial charge in [-0.1, -0.05) is 86.6 Å². The van der Waals surface area contributed by atoms with Gasteiger partial charge in [-0.3, -0.25) is 19.9 Å². The lowest BCUT2D eigenvalue weighted by Crippen LogP contribution is -2.13. The second-order valence-corrected chi connectivity index (χ2v) is 19.1. The maximum Gasteiger partial charge on any atom is 0.0970 e. The third-order valence-corrected chi connectivity index (χ3v) is 15.5. The van der Waals surface area contributed by atoms with Gasteiger partial charge in [0.15, 0.2) is 0 Å². The van der Waals surface area contributed by atoms with Gasteiger partial charge in [-0.25, -0.2) is 0 Å². The first-order chi connectivity index (χ1) is 34.6. The molecule has 8 aromatic carbocycles. The van der Waals surface area contributed by atoms with E-state index in [-0.39, 0.29) is 11.8 Å². The van der Waals surface area contributed by atoms with E-state index in [1.54, 1.807) is 0 Å². The smallest absolute Gasteiger partial charge is 0.0970 e. The molecule has 0 saturated carbocycles. The first kappa shape index (κ1) is 39.0. The van der Waals surface area contributed by atoms with Crippen LogP contribution in [0.4, 0.5) is 0 Å². The van der Waals surface area contributed by atoms with Crippen molar-refractivity contribution < 1.29 is 0 Å². The van der Waals surface area contributed by atoms with Gasteiger partial charge >= 0.3 is 0 Å². The van der Waals surface area contributed by atoms with Crippen LogP contribution in [0.5, 0.6) is 0 Å². The highest BCUT2D eigenvalue weighted by molar-refractivity contribution is 6.17. The largest absolute Gasteiger partial charge is 0.309 e. The van der Waals surface area contributed by atoms with Crippen molar-refractivity contribution in [3.05, 3.63) is 218 Å². The Kier molecular flexibility index (Phi) is 8.23. The van der Waals surface area contributed by atoms with Gasteiger partial charge in [0.05, 0.1) is 44.1 Å². The summed E-state index contributed by atoms with van der Waals surface area (Å²) in [5.74, 6) is 0.544. The number of para-hydroxylation sites is 2. The normalized spacial score (nSPS) is 14.7. The first-order valence-corrected chi connectivity index (χ1v) is 24.2. The molecule has 2 atom stereocenters. The van der Waals surface area contributed by atoms with Crippen molar-refractivity contribution in [1.82, 2.24) is 29.1 Å². The number of aromatic nitrogens is 6. The predicted molar refractivity (Wildman–Crippen MR) is 289 cm³/mol. The van der Waals surface area contributed by atoms with Gasteiger partial charge in [0.2, 0.25) is 0 Å². The molecule has 0 bridgehead atoms. The van der Waals surface area contributed by atoms with Crippen LogP contribution < -0.4 is 0 Å². The van der Waals surface area contributed by atoms with Crippen molar-refractivity contribution in [3.63, 3.8) is 0 Å². The maximum absolute atomic E-state index is 4.85. The topological polar surface area (TPSA) is 61.4 Å². The van der Waals surface area contributed by atoms with Crippen LogP contribution in [0.15, 0.2) is 207 Å². The Balaban J connectivity index is 0.981. The van der Waals surface area contributed by atoms with Gasteiger partial charge in [0, 0.05) is 79.3 Å². The van der Waals surface area contributed by atoms with Gasteiger partial charge in [-0.2, -0.15) is 0 Å². The molecule has 0 aliphatic heterocycles. The molecule has 2 unspecified atom stereocenters. The van der Waals surface area contributed by atoms with Crippen molar-refractivity contribution in [2.24, 2.45) is 0 Å². The minimum absolute atomic E-state index is 0.272. The summed E-state index contributed by atoms with van der Waals surface area (Å²) in [4.78, 5) is 19.2. The van der Waals surface area contributed by atoms with E-state index in [1.807, 2.05) is 49.1 Å². The van der Waals surface area contributed by atoms with Crippen molar-refractivity contribution in [1.29, 1.82) is 0 Å². The number of benzene rings is 8. The minimum Gasteiger partial charge on any atom is -0.309 e. The standard InChI is InChI=1S/C64H42N6/c1-37-38(2)48-34-56-54-30-40(50-32-42-14-10-26-66-62(42)64-46(50)20-12-28-68-64)22-24-58(54)70(44-17-7-4-8-18-44)60(56)36-52(48)51-35-59-55(33-47(37)51)53-29-39(21-23-57(53)69(59)43-15-5-3-6-16-43)49-31-41-13-9-25-65-61(41)63-45(49)19-11-27-67-63/h3-38H,1-2H3. The second-order valence-electron chi connectivity index (χ2n) is 19.1. The lowest BCUT2D eigenvalue weighted by atomic mass is 9.72. The number of hydrogen-bond acceptors (Lipinski definition) is 4. The van der Waals surface area contributed by atoms with E-state index >= 15 is 0 Å². The fourth-order valence-corrected chi connectivity index (χ4v) is 12.0. The summed E-state index contributed by atoms with van der Waals surface area (Å²) < 4.78 is 4.92. The van der Waals surface area contributed by atoms with Crippen LogP contribution in [-0.2, 0) is 0 Å². The van der Waals surface area contributed by atoms with Crippen LogP contribution in [0.25, 0.3) is 132 Å². The molecule has 0 radical (unpaired) electrons. The van der Waals surface area contributed by atoms with E-state index in [1.165, 1.54) is 65.9 Å². The van der Waals surface area contributed by atoms with Crippen LogP contribution in [0.1, 0.15) is 36.8 Å². The average molecular weight is 895 g/mol. The molecule has 6 heteroatoms. The van der Waals surface area contributed by atoms with Gasteiger partial charge in [-0.15, -0.1) is 0 Å². The molecule has 1 aliphatic rings. The molecule has 0 saturated heterocycles. The van der Waals surface area contributed by atoms with Gasteiger partial charge in [0.1, 0.15) is 0 Å². The Bertz CT molecular complexity index is 4220. The molecule has 6 nitrogen and oxygen atoms in total. The molecular formula is C64H42N6. The third-order valence-electron chi connectivity index (χ3n) is 15.5. The highest BCUT2D eigenvalue weighted by Gasteiger charge is 2.31. The summed E-state index contributed by atoms with van der Waals surface area (Å²) in [6, 6.07) is 67.0. The number of fused-ring (bicyclic) bond motifs is 15. The molecule has 0 fully saturated rings. The van der Waals surface area contributed by atoms with Crippen LogP contribution in [0.3, 0.4) is 0 Å². The molecule has 0 amide bonds. The second kappa shape index (κ2) is 14.7. The van der Waals surface area contributed by atoms with Crippen molar-refractivity contribution in [2.45, 2.75) is 25.7 Å². The van der Waals surface area contributed by atoms with Crippen LogP contribution in [0.2, 0.25) is 0 Å². The maximum atomic E-state index is 4.85. The van der Waals surface area contributed by atoms with E-state index in [4.69, 9.17) is 19.9 Å². The lowest BCUT2D eigenvalue weighted by Gasteiger charge is -2.32. The lowest BCUT2D eigenvalue weighted by molar-refractivity contribution is 0.617. The number of hydrogen-bond donors (Lipinski definition) is 0. The molecule has 0 N–H and O–H groups in total. The summed E-state index contributed by atoms with van der Waals surface area (Å²) in [7, 11) is 0. The molecule has 6 heterocycles. The third kappa shape index (κ3) is 5.56. The number of nitrogens with zero attached hydrogens (tertiary/aromatic N) is 6. The summed E-state index contributed by atoms with van der Waals surface area (Å²) in [5, 5.41) is 9.34. The van der Waals surface area contributed by atoms with Crippen molar-refractivity contribution in [3.8, 4) is 44.8 Å². The van der Waals surface area contributed by atoms with Gasteiger partial charge < -0.3 is 9.13 Å². The molecule has 0 spiro atoms. The van der Waals surface area contributed by atoms with Crippen LogP contribution >= 0.6 is 0 Å². The number of rotatable bonds is 4. The highest BCUT2D eigenvalue weighted by atomic mass is 15.0. The van der Waals surface area contributed by atoms with Crippen molar-refractivity contribution in [2.75, 3.05) is 0 Å². The molecule has 15 rings (SSSR count). The average Bonchev–Trinajstić information content (AvgIpc) is 3.92. The summed E-state index contributed by atoms with van der Waals surface area (Å²) in [6.07, 6.45) is 7.45. The molecule has 328 valence electrons. The Morgan fingerprint density at radius 1 is 0.314 bits per heavy atom. The Morgan fingerprint density at radius 3 is 1.16 bits per heavy atom. The molecule has 1 aliphatic carbocycles. The van der Waals surface area contributed by atoms with Crippen molar-refractivity contribution >= 4 is 87.2 Å². The fraction of sp³-hybridized carbons (Fsp3) is 0.0625. The van der Waals surface area contributed by atoms with E-state index in [9.17, 15) is 0 Å². The van der Waals surface area contributed by atoms with Gasteiger partial charge in [0.25, 0.3) is 0 Å². The Labute approximate surface area is 402 Å².